The molecule has 1 fully saturated rings. The number of benzene rings is 1. The zero-order valence-corrected chi connectivity index (χ0v) is 11.6. The number of rotatable bonds is 3. The van der Waals surface area contributed by atoms with E-state index in [1.165, 1.54) is 0 Å². The van der Waals surface area contributed by atoms with Gasteiger partial charge in [-0.1, -0.05) is 6.07 Å². The number of nitrogens with zero attached hydrogens (tertiary/aromatic N) is 2. The van der Waals surface area contributed by atoms with Gasteiger partial charge >= 0.3 is 0 Å². The van der Waals surface area contributed by atoms with Crippen LogP contribution in [0.1, 0.15) is 0 Å². The molecule has 3 rings (SSSR count). The smallest absolute Gasteiger partial charge is 0.184 e. The SMILES string of the molecule is NCC1COc2c(cccc2N2CCN(CN)CC2)O1. The average molecular weight is 278 g/mol. The lowest BCUT2D eigenvalue weighted by Crippen LogP contribution is -2.48. The molecule has 0 aromatic heterocycles. The Morgan fingerprint density at radius 1 is 1.15 bits per heavy atom. The predicted molar refractivity (Wildman–Crippen MR) is 78.2 cm³/mol. The molecular weight excluding hydrogens is 256 g/mol. The molecule has 6 nitrogen and oxygen atoms in total. The summed E-state index contributed by atoms with van der Waals surface area (Å²) in [5.74, 6) is 1.64. The molecule has 1 atom stereocenters. The summed E-state index contributed by atoms with van der Waals surface area (Å²) in [4.78, 5) is 4.57. The van der Waals surface area contributed by atoms with Crippen LogP contribution in [0.2, 0.25) is 0 Å². The van der Waals surface area contributed by atoms with Gasteiger partial charge in [0.15, 0.2) is 11.5 Å². The molecule has 0 radical (unpaired) electrons. The van der Waals surface area contributed by atoms with Gasteiger partial charge in [0.05, 0.1) is 5.69 Å². The summed E-state index contributed by atoms with van der Waals surface area (Å²) in [7, 11) is 0. The molecule has 0 saturated carbocycles. The van der Waals surface area contributed by atoms with Crippen molar-refractivity contribution in [2.45, 2.75) is 6.10 Å². The molecule has 1 unspecified atom stereocenters. The van der Waals surface area contributed by atoms with E-state index in [4.69, 9.17) is 20.9 Å². The first-order valence-corrected chi connectivity index (χ1v) is 7.11. The molecule has 0 bridgehead atoms. The standard InChI is InChI=1S/C14H22N4O2/c15-8-11-9-19-14-12(2-1-3-13(14)20-11)18-6-4-17(10-16)5-7-18/h1-3,11H,4-10,15-16H2. The molecule has 2 heterocycles. The van der Waals surface area contributed by atoms with Gasteiger partial charge in [-0.2, -0.15) is 0 Å². The Labute approximate surface area is 119 Å². The number of ether oxygens (including phenoxy) is 2. The van der Waals surface area contributed by atoms with Gasteiger partial charge < -0.3 is 25.8 Å². The molecule has 2 aliphatic heterocycles. The van der Waals surface area contributed by atoms with Gasteiger partial charge in [0.25, 0.3) is 0 Å². The summed E-state index contributed by atoms with van der Waals surface area (Å²) in [5, 5.41) is 0. The minimum Gasteiger partial charge on any atom is -0.484 e. The Kier molecular flexibility index (Phi) is 3.95. The van der Waals surface area contributed by atoms with Gasteiger partial charge in [-0.05, 0) is 12.1 Å². The van der Waals surface area contributed by atoms with Crippen molar-refractivity contribution < 1.29 is 9.47 Å². The fourth-order valence-corrected chi connectivity index (χ4v) is 2.67. The highest BCUT2D eigenvalue weighted by molar-refractivity contribution is 5.65. The monoisotopic (exact) mass is 278 g/mol. The highest BCUT2D eigenvalue weighted by atomic mass is 16.6. The van der Waals surface area contributed by atoms with Crippen molar-refractivity contribution in [3.8, 4) is 11.5 Å². The molecular formula is C14H22N4O2. The van der Waals surface area contributed by atoms with Crippen LogP contribution >= 0.6 is 0 Å². The largest absolute Gasteiger partial charge is 0.484 e. The molecule has 1 saturated heterocycles. The molecule has 110 valence electrons. The van der Waals surface area contributed by atoms with E-state index in [1.807, 2.05) is 12.1 Å². The van der Waals surface area contributed by atoms with E-state index in [9.17, 15) is 0 Å². The third kappa shape index (κ3) is 2.54. The molecule has 20 heavy (non-hydrogen) atoms. The third-order valence-corrected chi connectivity index (χ3v) is 3.90. The van der Waals surface area contributed by atoms with Crippen LogP contribution in [-0.2, 0) is 0 Å². The van der Waals surface area contributed by atoms with E-state index >= 15 is 0 Å². The maximum Gasteiger partial charge on any atom is 0.184 e. The Hall–Kier alpha value is -1.50. The summed E-state index contributed by atoms with van der Waals surface area (Å²) in [6.45, 7) is 5.48. The average Bonchev–Trinajstić information content (AvgIpc) is 2.54. The van der Waals surface area contributed by atoms with E-state index < -0.39 is 0 Å². The first-order valence-electron chi connectivity index (χ1n) is 7.11. The van der Waals surface area contributed by atoms with Crippen LogP contribution in [-0.4, -0.2) is 57.0 Å². The van der Waals surface area contributed by atoms with Crippen molar-refractivity contribution in [1.82, 2.24) is 4.90 Å². The summed E-state index contributed by atoms with van der Waals surface area (Å²) in [6, 6.07) is 6.03. The van der Waals surface area contributed by atoms with Gasteiger partial charge in [0.1, 0.15) is 12.7 Å². The van der Waals surface area contributed by atoms with Crippen LogP contribution in [0.5, 0.6) is 11.5 Å². The quantitative estimate of drug-likeness (QED) is 0.799. The first-order chi connectivity index (χ1) is 9.81. The van der Waals surface area contributed by atoms with Gasteiger partial charge in [0, 0.05) is 39.4 Å². The molecule has 4 N–H and O–H groups in total. The number of fused-ring (bicyclic) bond motifs is 1. The van der Waals surface area contributed by atoms with Crippen molar-refractivity contribution in [3.05, 3.63) is 18.2 Å². The first kappa shape index (κ1) is 13.5. The Bertz CT molecular complexity index is 460. The summed E-state index contributed by atoms with van der Waals surface area (Å²) in [6.07, 6.45) is -0.0492. The lowest BCUT2D eigenvalue weighted by molar-refractivity contribution is 0.0971. The van der Waals surface area contributed by atoms with Gasteiger partial charge in [0.2, 0.25) is 0 Å². The third-order valence-electron chi connectivity index (χ3n) is 3.90. The van der Waals surface area contributed by atoms with Crippen molar-refractivity contribution in [2.75, 3.05) is 50.9 Å². The van der Waals surface area contributed by atoms with Gasteiger partial charge in [-0.3, -0.25) is 4.90 Å². The second kappa shape index (κ2) is 5.87. The van der Waals surface area contributed by atoms with Gasteiger partial charge in [-0.15, -0.1) is 0 Å². The van der Waals surface area contributed by atoms with Crippen molar-refractivity contribution in [1.29, 1.82) is 0 Å². The number of para-hydroxylation sites is 1. The van der Waals surface area contributed by atoms with Crippen LogP contribution in [0.15, 0.2) is 18.2 Å². The van der Waals surface area contributed by atoms with Crippen molar-refractivity contribution in [2.24, 2.45) is 11.5 Å². The molecule has 1 aromatic carbocycles. The number of piperazine rings is 1. The Morgan fingerprint density at radius 2 is 1.95 bits per heavy atom. The fraction of sp³-hybridized carbons (Fsp3) is 0.571. The minimum absolute atomic E-state index is 0.0492. The topological polar surface area (TPSA) is 77.0 Å². The highest BCUT2D eigenvalue weighted by Crippen LogP contribution is 2.40. The van der Waals surface area contributed by atoms with Crippen LogP contribution in [0.4, 0.5) is 5.69 Å². The predicted octanol–water partition coefficient (Wildman–Crippen LogP) is -0.177. The summed E-state index contributed by atoms with van der Waals surface area (Å²) in [5.41, 5.74) is 12.4. The Balaban J connectivity index is 1.78. The second-order valence-corrected chi connectivity index (χ2v) is 5.18. The van der Waals surface area contributed by atoms with Gasteiger partial charge in [-0.25, -0.2) is 0 Å². The number of anilines is 1. The molecule has 6 heteroatoms. The molecule has 0 aliphatic carbocycles. The summed E-state index contributed by atoms with van der Waals surface area (Å²) >= 11 is 0. The second-order valence-electron chi connectivity index (χ2n) is 5.18. The van der Waals surface area contributed by atoms with E-state index in [0.29, 0.717) is 19.8 Å². The normalized spacial score (nSPS) is 22.9. The lowest BCUT2D eigenvalue weighted by Gasteiger charge is -2.37. The van der Waals surface area contributed by atoms with Crippen molar-refractivity contribution in [3.63, 3.8) is 0 Å². The van der Waals surface area contributed by atoms with Crippen LogP contribution < -0.4 is 25.8 Å². The molecule has 1 aromatic rings. The minimum atomic E-state index is -0.0492. The summed E-state index contributed by atoms with van der Waals surface area (Å²) < 4.78 is 11.7. The highest BCUT2D eigenvalue weighted by Gasteiger charge is 2.26. The zero-order chi connectivity index (χ0) is 13.9. The Morgan fingerprint density at radius 3 is 2.65 bits per heavy atom. The number of nitrogens with two attached hydrogens (primary N) is 2. The molecule has 0 spiro atoms. The maximum atomic E-state index is 5.88. The van der Waals surface area contributed by atoms with Crippen molar-refractivity contribution >= 4 is 5.69 Å². The molecule has 0 amide bonds. The lowest BCUT2D eigenvalue weighted by atomic mass is 10.2. The fourth-order valence-electron chi connectivity index (χ4n) is 2.67. The van der Waals surface area contributed by atoms with E-state index in [-0.39, 0.29) is 6.10 Å². The van der Waals surface area contributed by atoms with Crippen LogP contribution in [0.3, 0.4) is 0 Å². The maximum absolute atomic E-state index is 5.88. The zero-order valence-electron chi connectivity index (χ0n) is 11.6. The number of hydrogen-bond acceptors (Lipinski definition) is 6. The van der Waals surface area contributed by atoms with E-state index in [0.717, 1.165) is 43.4 Å². The van der Waals surface area contributed by atoms with E-state index in [1.54, 1.807) is 0 Å². The van der Waals surface area contributed by atoms with E-state index in [2.05, 4.69) is 15.9 Å². The van der Waals surface area contributed by atoms with Crippen LogP contribution in [0.25, 0.3) is 0 Å². The molecule has 2 aliphatic rings. The van der Waals surface area contributed by atoms with Crippen LogP contribution in [0, 0.1) is 0 Å². The number of hydrogen-bond donors (Lipinski definition) is 2.